The Bertz CT molecular complexity index is 146. The van der Waals surface area contributed by atoms with Crippen molar-refractivity contribution < 1.29 is 0 Å². The van der Waals surface area contributed by atoms with Crippen LogP contribution in [0.5, 0.6) is 0 Å². The van der Waals surface area contributed by atoms with E-state index in [4.69, 9.17) is 0 Å². The Kier molecular flexibility index (Phi) is 92.2. The zero-order valence-corrected chi connectivity index (χ0v) is 17.1. The Balaban J connectivity index is -0.0000000427. The summed E-state index contributed by atoms with van der Waals surface area (Å²) in [5, 5.41) is 0. The highest BCUT2D eigenvalue weighted by molar-refractivity contribution is 4.99. The predicted octanol–water partition coefficient (Wildman–Crippen LogP) is 10.2. The molecule has 0 saturated heterocycles. The molecule has 0 spiro atoms. The number of hydrogen-bond donors (Lipinski definition) is 0. The molecule has 0 bridgehead atoms. The van der Waals surface area contributed by atoms with E-state index in [9.17, 15) is 0 Å². The van der Waals surface area contributed by atoms with Crippen LogP contribution in [-0.4, -0.2) is 0 Å². The van der Waals surface area contributed by atoms with Crippen molar-refractivity contribution >= 4 is 0 Å². The third-order valence-electron chi connectivity index (χ3n) is 2.17. The Morgan fingerprint density at radius 3 is 0.583 bits per heavy atom. The first-order valence-electron chi connectivity index (χ1n) is 9.83. The SMILES string of the molecule is C.C.C1CCCCC1.CC.CC.CCC.CCC.c1ccccc1. The summed E-state index contributed by atoms with van der Waals surface area (Å²) in [6, 6.07) is 12.0. The van der Waals surface area contributed by atoms with E-state index in [1.165, 1.54) is 51.4 Å². The highest BCUT2D eigenvalue weighted by Crippen LogP contribution is 2.15. The van der Waals surface area contributed by atoms with Crippen LogP contribution in [0.15, 0.2) is 36.4 Å². The summed E-state index contributed by atoms with van der Waals surface area (Å²) in [4.78, 5) is 0. The molecular weight excluding hydrogens is 288 g/mol. The molecule has 0 aliphatic heterocycles. The van der Waals surface area contributed by atoms with E-state index in [0.717, 1.165) is 0 Å². The van der Waals surface area contributed by atoms with Gasteiger partial charge in [0.05, 0.1) is 0 Å². The molecule has 0 N–H and O–H groups in total. The van der Waals surface area contributed by atoms with E-state index >= 15 is 0 Å². The molecule has 1 aliphatic carbocycles. The van der Waals surface area contributed by atoms with Crippen molar-refractivity contribution in [1.82, 2.24) is 0 Å². The van der Waals surface area contributed by atoms with E-state index < -0.39 is 0 Å². The van der Waals surface area contributed by atoms with Gasteiger partial charge >= 0.3 is 0 Å². The molecule has 0 atom stereocenters. The van der Waals surface area contributed by atoms with Crippen molar-refractivity contribution in [3.8, 4) is 0 Å². The minimum atomic E-state index is 0. The van der Waals surface area contributed by atoms with Gasteiger partial charge in [-0.3, -0.25) is 0 Å². The van der Waals surface area contributed by atoms with Crippen LogP contribution in [0.25, 0.3) is 0 Å². The first-order valence-corrected chi connectivity index (χ1v) is 9.83. The average Bonchev–Trinajstić information content (AvgIpc) is 2.63. The van der Waals surface area contributed by atoms with Gasteiger partial charge in [-0.15, -0.1) is 0 Å². The molecule has 0 unspecified atom stereocenters. The zero-order valence-electron chi connectivity index (χ0n) is 17.1. The van der Waals surface area contributed by atoms with Crippen LogP contribution < -0.4 is 0 Å². The first-order chi connectivity index (χ1) is 10.8. The molecule has 1 aromatic rings. The fourth-order valence-electron chi connectivity index (χ4n) is 1.45. The highest BCUT2D eigenvalue weighted by Gasteiger charge is 1.95. The first kappa shape index (κ1) is 38.7. The molecule has 0 amide bonds. The second kappa shape index (κ2) is 57.2. The van der Waals surface area contributed by atoms with Crippen LogP contribution in [0.1, 0.15) is 122 Å². The van der Waals surface area contributed by atoms with Crippen molar-refractivity contribution in [3.63, 3.8) is 0 Å². The van der Waals surface area contributed by atoms with Gasteiger partial charge < -0.3 is 0 Å². The third-order valence-corrected chi connectivity index (χ3v) is 2.17. The second-order valence-electron chi connectivity index (χ2n) is 4.69. The Hall–Kier alpha value is -0.780. The van der Waals surface area contributed by atoms with Crippen LogP contribution in [0.4, 0.5) is 0 Å². The van der Waals surface area contributed by atoms with Gasteiger partial charge in [0.15, 0.2) is 0 Å². The summed E-state index contributed by atoms with van der Waals surface area (Å²) in [5.74, 6) is 0. The third kappa shape index (κ3) is 68.9. The van der Waals surface area contributed by atoms with Crippen molar-refractivity contribution in [2.45, 2.75) is 122 Å². The molecule has 1 fully saturated rings. The molecule has 1 aromatic carbocycles. The molecule has 1 aliphatic rings. The normalized spacial score (nSPS) is 10.0. The second-order valence-corrected chi connectivity index (χ2v) is 4.69. The molecular formula is C24H54. The Labute approximate surface area is 158 Å². The fourth-order valence-corrected chi connectivity index (χ4v) is 1.45. The molecule has 0 radical (unpaired) electrons. The van der Waals surface area contributed by atoms with Gasteiger partial charge in [0.25, 0.3) is 0 Å². The molecule has 1 saturated carbocycles. The van der Waals surface area contributed by atoms with E-state index in [-0.39, 0.29) is 14.9 Å². The summed E-state index contributed by atoms with van der Waals surface area (Å²) in [6.45, 7) is 16.5. The van der Waals surface area contributed by atoms with Gasteiger partial charge in [0, 0.05) is 0 Å². The zero-order chi connectivity index (χ0) is 17.9. The van der Waals surface area contributed by atoms with Gasteiger partial charge in [-0.1, -0.05) is 158 Å². The smallest absolute Gasteiger partial charge is 0.0533 e. The number of rotatable bonds is 0. The van der Waals surface area contributed by atoms with Crippen molar-refractivity contribution in [1.29, 1.82) is 0 Å². The van der Waals surface area contributed by atoms with Crippen LogP contribution >= 0.6 is 0 Å². The average molecular weight is 343 g/mol. The van der Waals surface area contributed by atoms with Crippen LogP contribution in [0.3, 0.4) is 0 Å². The fraction of sp³-hybridized carbons (Fsp3) is 0.750. The van der Waals surface area contributed by atoms with Crippen molar-refractivity contribution in [2.24, 2.45) is 0 Å². The van der Waals surface area contributed by atoms with Crippen molar-refractivity contribution in [2.75, 3.05) is 0 Å². The summed E-state index contributed by atoms with van der Waals surface area (Å²) in [7, 11) is 0. The summed E-state index contributed by atoms with van der Waals surface area (Å²) in [5.41, 5.74) is 0. The molecule has 2 rings (SSSR count). The van der Waals surface area contributed by atoms with E-state index in [1.54, 1.807) is 0 Å². The molecule has 0 nitrogen and oxygen atoms in total. The lowest BCUT2D eigenvalue weighted by Crippen LogP contribution is -1.85. The highest BCUT2D eigenvalue weighted by atomic mass is 14.0. The summed E-state index contributed by atoms with van der Waals surface area (Å²) >= 11 is 0. The van der Waals surface area contributed by atoms with Crippen LogP contribution in [0, 0.1) is 0 Å². The van der Waals surface area contributed by atoms with E-state index in [2.05, 4.69) is 27.7 Å². The van der Waals surface area contributed by atoms with E-state index in [1.807, 2.05) is 64.1 Å². The molecule has 0 heterocycles. The molecule has 0 aromatic heterocycles. The largest absolute Gasteiger partial charge is 0.0776 e. The van der Waals surface area contributed by atoms with Crippen molar-refractivity contribution in [3.05, 3.63) is 36.4 Å². The number of benzene rings is 1. The number of hydrogen-bond acceptors (Lipinski definition) is 0. The molecule has 0 heteroatoms. The van der Waals surface area contributed by atoms with Gasteiger partial charge in [-0.05, 0) is 0 Å². The quantitative estimate of drug-likeness (QED) is 0.440. The maximum absolute atomic E-state index is 2.12. The van der Waals surface area contributed by atoms with E-state index in [0.29, 0.717) is 0 Å². The van der Waals surface area contributed by atoms with Crippen LogP contribution in [0.2, 0.25) is 0 Å². The predicted molar refractivity (Wildman–Crippen MR) is 122 cm³/mol. The lowest BCUT2D eigenvalue weighted by atomic mass is 10.0. The van der Waals surface area contributed by atoms with Gasteiger partial charge in [0.2, 0.25) is 0 Å². The Morgan fingerprint density at radius 2 is 0.500 bits per heavy atom. The minimum absolute atomic E-state index is 0. The van der Waals surface area contributed by atoms with Crippen LogP contribution in [-0.2, 0) is 0 Å². The topological polar surface area (TPSA) is 0 Å². The lowest BCUT2D eigenvalue weighted by Gasteiger charge is -2.05. The monoisotopic (exact) mass is 342 g/mol. The summed E-state index contributed by atoms with van der Waals surface area (Å²) in [6.07, 6.45) is 11.5. The Morgan fingerprint density at radius 1 is 0.417 bits per heavy atom. The minimum Gasteiger partial charge on any atom is -0.0776 e. The van der Waals surface area contributed by atoms with Gasteiger partial charge in [-0.25, -0.2) is 0 Å². The maximum Gasteiger partial charge on any atom is -0.0533 e. The molecule has 150 valence electrons. The summed E-state index contributed by atoms with van der Waals surface area (Å²) < 4.78 is 0. The standard InChI is InChI=1S/C6H12.C6H6.2C3H8.2C2H6.2CH4/c2*1-2-4-6-5-3-1;2*1-3-2;2*1-2;;/h1-6H2;1-6H;2*3H2,1-2H3;2*1-2H3;2*1H4. The van der Waals surface area contributed by atoms with Gasteiger partial charge in [0.1, 0.15) is 0 Å². The molecule has 24 heavy (non-hydrogen) atoms. The maximum atomic E-state index is 2.12. The lowest BCUT2D eigenvalue weighted by molar-refractivity contribution is 0.504. The van der Waals surface area contributed by atoms with Gasteiger partial charge in [-0.2, -0.15) is 0 Å².